The number of nitrogens with one attached hydrogen (secondary N) is 2. The molecule has 3 aromatic rings. The molecular formula is C23H24ClF4N5O2S. The monoisotopic (exact) mass is 545 g/mol. The molecule has 4 rings (SSSR count). The minimum atomic E-state index is -4.78. The predicted octanol–water partition coefficient (Wildman–Crippen LogP) is 4.63. The van der Waals surface area contributed by atoms with Crippen LogP contribution in [0.3, 0.4) is 0 Å². The second kappa shape index (κ2) is 10.6. The third-order valence-electron chi connectivity index (χ3n) is 5.57. The number of sulfonamides is 1. The lowest BCUT2D eigenvalue weighted by atomic mass is 10.0. The first-order valence-corrected chi connectivity index (χ1v) is 12.3. The summed E-state index contributed by atoms with van der Waals surface area (Å²) in [5.41, 5.74) is -1.43. The molecule has 1 fully saturated rings. The van der Waals surface area contributed by atoms with Crippen LogP contribution in [0, 0.1) is 12.7 Å². The van der Waals surface area contributed by atoms with Crippen molar-refractivity contribution in [1.82, 2.24) is 15.3 Å². The Balaban J connectivity index is 0.00000361. The summed E-state index contributed by atoms with van der Waals surface area (Å²) >= 11 is 0. The van der Waals surface area contributed by atoms with Crippen molar-refractivity contribution in [2.75, 3.05) is 29.3 Å². The summed E-state index contributed by atoms with van der Waals surface area (Å²) in [6.07, 6.45) is -4.78. The van der Waals surface area contributed by atoms with Crippen LogP contribution in [-0.2, 0) is 16.2 Å². The molecule has 194 valence electrons. The molecule has 7 nitrogen and oxygen atoms in total. The summed E-state index contributed by atoms with van der Waals surface area (Å²) in [7, 11) is -4.27. The van der Waals surface area contributed by atoms with E-state index < -0.39 is 33.3 Å². The molecule has 2 N–H and O–H groups in total. The van der Waals surface area contributed by atoms with E-state index in [0.29, 0.717) is 24.5 Å². The van der Waals surface area contributed by atoms with Crippen LogP contribution in [-0.4, -0.2) is 44.1 Å². The second-order valence-electron chi connectivity index (χ2n) is 8.29. The van der Waals surface area contributed by atoms with E-state index in [2.05, 4.69) is 20.0 Å². The summed E-state index contributed by atoms with van der Waals surface area (Å²) in [4.78, 5) is 10.1. The Morgan fingerprint density at radius 2 is 1.86 bits per heavy atom. The molecule has 0 spiro atoms. The third kappa shape index (κ3) is 6.05. The minimum Gasteiger partial charge on any atom is -0.354 e. The van der Waals surface area contributed by atoms with Gasteiger partial charge in [-0.3, -0.25) is 4.72 Å². The number of anilines is 2. The SMILES string of the molecule is Cc1ccc(F)cc1-c1nc(NS(=O)(=O)c2cccc(N3CCN[C@@H](C)C3)n2)ccc1C(F)(F)F.Cl. The summed E-state index contributed by atoms with van der Waals surface area (Å²) in [5, 5.41) is 2.99. The number of rotatable bonds is 5. The molecule has 0 bridgehead atoms. The molecule has 0 unspecified atom stereocenters. The number of pyridine rings is 2. The molecule has 1 aliphatic heterocycles. The number of halogens is 5. The number of hydrogen-bond acceptors (Lipinski definition) is 6. The van der Waals surface area contributed by atoms with E-state index in [4.69, 9.17) is 0 Å². The molecule has 1 aliphatic rings. The molecule has 36 heavy (non-hydrogen) atoms. The van der Waals surface area contributed by atoms with Crippen molar-refractivity contribution in [3.05, 3.63) is 65.5 Å². The normalized spacial score (nSPS) is 16.4. The Labute approximate surface area is 212 Å². The van der Waals surface area contributed by atoms with Crippen LogP contribution < -0.4 is 14.9 Å². The first-order valence-electron chi connectivity index (χ1n) is 10.8. The number of nitrogens with zero attached hydrogens (tertiary/aromatic N) is 3. The van der Waals surface area contributed by atoms with Gasteiger partial charge in [-0.2, -0.15) is 21.6 Å². The molecule has 2 aromatic heterocycles. The molecule has 1 atom stereocenters. The molecule has 1 aromatic carbocycles. The van der Waals surface area contributed by atoms with Gasteiger partial charge in [-0.15, -0.1) is 12.4 Å². The van der Waals surface area contributed by atoms with Gasteiger partial charge in [-0.25, -0.2) is 14.4 Å². The highest BCUT2D eigenvalue weighted by atomic mass is 35.5. The maximum absolute atomic E-state index is 13.8. The van der Waals surface area contributed by atoms with Gasteiger partial charge in [0.2, 0.25) is 0 Å². The third-order valence-corrected chi connectivity index (χ3v) is 6.83. The first-order chi connectivity index (χ1) is 16.4. The van der Waals surface area contributed by atoms with Gasteiger partial charge in [0.1, 0.15) is 17.5 Å². The van der Waals surface area contributed by atoms with Gasteiger partial charge in [0.15, 0.2) is 5.03 Å². The minimum absolute atomic E-state index is 0. The van der Waals surface area contributed by atoms with Crippen molar-refractivity contribution in [1.29, 1.82) is 0 Å². The maximum Gasteiger partial charge on any atom is 0.418 e. The van der Waals surface area contributed by atoms with Crippen LogP contribution in [0.25, 0.3) is 11.3 Å². The lowest BCUT2D eigenvalue weighted by molar-refractivity contribution is -0.137. The van der Waals surface area contributed by atoms with Gasteiger partial charge in [-0.1, -0.05) is 12.1 Å². The van der Waals surface area contributed by atoms with E-state index in [9.17, 15) is 26.0 Å². The van der Waals surface area contributed by atoms with Crippen LogP contribution >= 0.6 is 12.4 Å². The Morgan fingerprint density at radius 3 is 2.56 bits per heavy atom. The average Bonchev–Trinajstić information content (AvgIpc) is 2.80. The highest BCUT2D eigenvalue weighted by Crippen LogP contribution is 2.38. The Hall–Kier alpha value is -2.96. The lowest BCUT2D eigenvalue weighted by Gasteiger charge is -2.32. The smallest absolute Gasteiger partial charge is 0.354 e. The lowest BCUT2D eigenvalue weighted by Crippen LogP contribution is -2.49. The van der Waals surface area contributed by atoms with Crippen LogP contribution in [0.15, 0.2) is 53.6 Å². The number of hydrogen-bond donors (Lipinski definition) is 2. The van der Waals surface area contributed by atoms with E-state index in [0.717, 1.165) is 30.8 Å². The highest BCUT2D eigenvalue weighted by molar-refractivity contribution is 7.92. The van der Waals surface area contributed by atoms with E-state index in [1.54, 1.807) is 12.1 Å². The predicted molar refractivity (Wildman–Crippen MR) is 131 cm³/mol. The van der Waals surface area contributed by atoms with Gasteiger partial charge < -0.3 is 10.2 Å². The Bertz CT molecular complexity index is 1350. The topological polar surface area (TPSA) is 87.2 Å². The van der Waals surface area contributed by atoms with Crippen molar-refractivity contribution >= 4 is 34.1 Å². The van der Waals surface area contributed by atoms with Crippen molar-refractivity contribution in [3.63, 3.8) is 0 Å². The van der Waals surface area contributed by atoms with Crippen LogP contribution in [0.1, 0.15) is 18.1 Å². The molecule has 0 saturated carbocycles. The zero-order valence-corrected chi connectivity index (χ0v) is 20.9. The van der Waals surface area contributed by atoms with E-state index in [1.807, 2.05) is 11.8 Å². The molecule has 13 heteroatoms. The van der Waals surface area contributed by atoms with E-state index in [1.165, 1.54) is 19.1 Å². The molecule has 0 radical (unpaired) electrons. The Morgan fingerprint density at radius 1 is 1.11 bits per heavy atom. The van der Waals surface area contributed by atoms with E-state index >= 15 is 0 Å². The van der Waals surface area contributed by atoms with Gasteiger partial charge in [-0.05, 0) is 55.8 Å². The fraction of sp³-hybridized carbons (Fsp3) is 0.304. The fourth-order valence-electron chi connectivity index (χ4n) is 3.86. The van der Waals surface area contributed by atoms with Crippen LogP contribution in [0.5, 0.6) is 0 Å². The largest absolute Gasteiger partial charge is 0.418 e. The van der Waals surface area contributed by atoms with E-state index in [-0.39, 0.29) is 34.9 Å². The highest BCUT2D eigenvalue weighted by Gasteiger charge is 2.35. The molecule has 0 amide bonds. The molecule has 3 heterocycles. The van der Waals surface area contributed by atoms with Crippen molar-refractivity contribution < 1.29 is 26.0 Å². The average molecular weight is 546 g/mol. The number of benzene rings is 1. The van der Waals surface area contributed by atoms with Crippen LogP contribution in [0.2, 0.25) is 0 Å². The van der Waals surface area contributed by atoms with Crippen molar-refractivity contribution in [3.8, 4) is 11.3 Å². The number of piperazine rings is 1. The second-order valence-corrected chi connectivity index (χ2v) is 9.92. The summed E-state index contributed by atoms with van der Waals surface area (Å²) in [6, 6.07) is 9.75. The van der Waals surface area contributed by atoms with Gasteiger partial charge in [0, 0.05) is 31.2 Å². The molecule has 1 saturated heterocycles. The van der Waals surface area contributed by atoms with Gasteiger partial charge in [0.25, 0.3) is 10.0 Å². The fourth-order valence-corrected chi connectivity index (χ4v) is 4.82. The molecular weight excluding hydrogens is 522 g/mol. The maximum atomic E-state index is 13.8. The quantitative estimate of drug-likeness (QED) is 0.455. The number of aryl methyl sites for hydroxylation is 1. The van der Waals surface area contributed by atoms with Crippen LogP contribution in [0.4, 0.5) is 29.2 Å². The number of aromatic nitrogens is 2. The summed E-state index contributed by atoms with van der Waals surface area (Å²) in [5.74, 6) is -0.618. The van der Waals surface area contributed by atoms with Gasteiger partial charge in [0.05, 0.1) is 11.3 Å². The van der Waals surface area contributed by atoms with Gasteiger partial charge >= 0.3 is 6.18 Å². The Kier molecular flexibility index (Phi) is 8.11. The number of alkyl halides is 3. The zero-order valence-electron chi connectivity index (χ0n) is 19.3. The standard InChI is InChI=1S/C23H23F4N5O2S.ClH/c1-14-6-7-16(24)12-17(14)22-18(23(25,26)27)8-9-19(29-22)31-35(33,34)21-5-3-4-20(30-21)32-11-10-28-15(2)13-32;/h3-9,12,15,28H,10-11,13H2,1-2H3,(H,29,31);1H/t15-;/m0./s1. The zero-order chi connectivity index (χ0) is 25.4. The molecule has 0 aliphatic carbocycles. The summed E-state index contributed by atoms with van der Waals surface area (Å²) < 4.78 is 83.1. The first kappa shape index (κ1) is 27.6. The van der Waals surface area contributed by atoms with Crippen molar-refractivity contribution in [2.24, 2.45) is 0 Å². The van der Waals surface area contributed by atoms with Crippen molar-refractivity contribution in [2.45, 2.75) is 31.1 Å². The summed E-state index contributed by atoms with van der Waals surface area (Å²) in [6.45, 7) is 5.52.